The smallest absolute Gasteiger partial charge is 0.343 e. The lowest BCUT2D eigenvalue weighted by atomic mass is 10.1. The molecule has 0 saturated carbocycles. The van der Waals surface area contributed by atoms with Gasteiger partial charge in [0, 0.05) is 24.3 Å². The molecule has 0 N–H and O–H groups in total. The molecule has 0 radical (unpaired) electrons. The van der Waals surface area contributed by atoms with Crippen LogP contribution >= 0.6 is 0 Å². The quantitative estimate of drug-likeness (QED) is 0.515. The Morgan fingerprint density at radius 3 is 2.17 bits per heavy atom. The van der Waals surface area contributed by atoms with E-state index in [9.17, 15) is 4.79 Å². The lowest BCUT2D eigenvalue weighted by Crippen LogP contribution is -2.25. The minimum Gasteiger partial charge on any atom is -0.422 e. The van der Waals surface area contributed by atoms with Crippen molar-refractivity contribution in [3.05, 3.63) is 76.9 Å². The predicted octanol–water partition coefficient (Wildman–Crippen LogP) is 4.61. The van der Waals surface area contributed by atoms with Crippen molar-refractivity contribution in [2.45, 2.75) is 19.8 Å². The van der Waals surface area contributed by atoms with E-state index in [1.807, 2.05) is 60.4 Å². The van der Waals surface area contributed by atoms with E-state index in [2.05, 4.69) is 12.1 Å². The van der Waals surface area contributed by atoms with E-state index in [1.54, 1.807) is 12.2 Å². The summed E-state index contributed by atoms with van der Waals surface area (Å²) >= 11 is 0. The Kier molecular flexibility index (Phi) is 6.45. The molecule has 0 fully saturated rings. The molecule has 0 bridgehead atoms. The number of aryl methyl sites for hydroxylation is 1. The third kappa shape index (κ3) is 5.12. The van der Waals surface area contributed by atoms with Crippen LogP contribution in [0.4, 0.5) is 5.69 Å². The Morgan fingerprint density at radius 2 is 1.59 bits per heavy atom. The lowest BCUT2D eigenvalue weighted by molar-refractivity contribution is -0.130. The van der Waals surface area contributed by atoms with Crippen molar-refractivity contribution in [2.24, 2.45) is 0 Å². The summed E-state index contributed by atoms with van der Waals surface area (Å²) in [7, 11) is 0. The number of carbonyl (C=O) groups excluding carboxylic acids is 1. The number of hydrogen-bond acceptors (Lipinski definition) is 5. The Bertz CT molecular complexity index is 1000. The zero-order valence-electron chi connectivity index (χ0n) is 16.3. The zero-order valence-corrected chi connectivity index (χ0v) is 16.3. The number of anilines is 1. The number of nitrogens with zero attached hydrogens (tertiary/aromatic N) is 3. The summed E-state index contributed by atoms with van der Waals surface area (Å²) < 4.78 is 5.41. The molecule has 0 saturated heterocycles. The van der Waals surface area contributed by atoms with Gasteiger partial charge in [-0.15, -0.1) is 0 Å². The monoisotopic (exact) mass is 383 g/mol. The van der Waals surface area contributed by atoms with Gasteiger partial charge in [-0.3, -0.25) is 0 Å². The van der Waals surface area contributed by atoms with Gasteiger partial charge in [0.15, 0.2) is 0 Å². The molecule has 0 amide bonds. The van der Waals surface area contributed by atoms with Crippen molar-refractivity contribution in [1.82, 2.24) is 0 Å². The molecule has 144 valence electrons. The fourth-order valence-electron chi connectivity index (χ4n) is 3.05. The predicted molar refractivity (Wildman–Crippen MR) is 112 cm³/mol. The van der Waals surface area contributed by atoms with Crippen molar-refractivity contribution >= 4 is 23.5 Å². The standard InChI is InChI=1S/C24H21N3O2/c1-18-4-8-20(9-5-18)23-17-21(24(28)29-23)16-19-6-10-22(11-7-19)27(14-2-12-25)15-3-13-26/h4-11,16-17H,2-3,14-15H2,1H3/b21-16-. The molecule has 1 aliphatic heterocycles. The molecule has 2 aromatic rings. The van der Waals surface area contributed by atoms with Crippen LogP contribution in [-0.2, 0) is 9.53 Å². The van der Waals surface area contributed by atoms with Gasteiger partial charge in [-0.1, -0.05) is 42.0 Å². The number of cyclic esters (lactones) is 1. The molecule has 1 heterocycles. The molecule has 0 unspecified atom stereocenters. The Balaban J connectivity index is 1.78. The number of nitriles is 2. The second-order valence-corrected chi connectivity index (χ2v) is 6.76. The van der Waals surface area contributed by atoms with E-state index < -0.39 is 0 Å². The Labute approximate surface area is 170 Å². The third-order valence-corrected chi connectivity index (χ3v) is 4.63. The van der Waals surface area contributed by atoms with Crippen LogP contribution in [0.5, 0.6) is 0 Å². The van der Waals surface area contributed by atoms with Crippen molar-refractivity contribution < 1.29 is 9.53 Å². The molecule has 0 spiro atoms. The van der Waals surface area contributed by atoms with Crippen molar-refractivity contribution in [3.63, 3.8) is 0 Å². The number of rotatable bonds is 7. The van der Waals surface area contributed by atoms with Gasteiger partial charge < -0.3 is 9.64 Å². The first-order valence-corrected chi connectivity index (χ1v) is 9.42. The highest BCUT2D eigenvalue weighted by atomic mass is 16.5. The summed E-state index contributed by atoms with van der Waals surface area (Å²) in [5, 5.41) is 17.7. The summed E-state index contributed by atoms with van der Waals surface area (Å²) in [5.41, 5.74) is 4.34. The van der Waals surface area contributed by atoms with Gasteiger partial charge in [-0.05, 0) is 36.8 Å². The second-order valence-electron chi connectivity index (χ2n) is 6.76. The average Bonchev–Trinajstić information content (AvgIpc) is 3.10. The molecular weight excluding hydrogens is 362 g/mol. The van der Waals surface area contributed by atoms with Crippen molar-refractivity contribution in [1.29, 1.82) is 10.5 Å². The van der Waals surface area contributed by atoms with E-state index in [-0.39, 0.29) is 5.97 Å². The first-order chi connectivity index (χ1) is 14.1. The van der Waals surface area contributed by atoms with Crippen molar-refractivity contribution in [2.75, 3.05) is 18.0 Å². The van der Waals surface area contributed by atoms with Crippen molar-refractivity contribution in [3.8, 4) is 12.1 Å². The molecule has 29 heavy (non-hydrogen) atoms. The maximum absolute atomic E-state index is 12.2. The van der Waals surface area contributed by atoms with Gasteiger partial charge >= 0.3 is 5.97 Å². The van der Waals surface area contributed by atoms with E-state index in [1.165, 1.54) is 0 Å². The van der Waals surface area contributed by atoms with Gasteiger partial charge in [-0.2, -0.15) is 10.5 Å². The molecule has 0 atom stereocenters. The molecule has 0 aliphatic carbocycles. The highest BCUT2D eigenvalue weighted by Crippen LogP contribution is 2.28. The molecule has 2 aromatic carbocycles. The molecule has 5 heteroatoms. The molecule has 3 rings (SSSR count). The van der Waals surface area contributed by atoms with Crippen LogP contribution in [0.1, 0.15) is 29.5 Å². The van der Waals surface area contributed by atoms with Gasteiger partial charge in [0.1, 0.15) is 5.76 Å². The number of hydrogen-bond donors (Lipinski definition) is 0. The molecule has 1 aliphatic rings. The number of carbonyl (C=O) groups is 1. The van der Waals surface area contributed by atoms with E-state index >= 15 is 0 Å². The van der Waals surface area contributed by atoms with Gasteiger partial charge in [-0.25, -0.2) is 4.79 Å². The highest BCUT2D eigenvalue weighted by molar-refractivity contribution is 6.05. The number of benzene rings is 2. The zero-order chi connectivity index (χ0) is 20.6. The minimum absolute atomic E-state index is 0.366. The van der Waals surface area contributed by atoms with Crippen LogP contribution in [0.3, 0.4) is 0 Å². The fourth-order valence-corrected chi connectivity index (χ4v) is 3.05. The summed E-state index contributed by atoms with van der Waals surface area (Å²) in [4.78, 5) is 14.2. The molecular formula is C24H21N3O2. The van der Waals surface area contributed by atoms with Crippen LogP contribution in [0.25, 0.3) is 11.8 Å². The first-order valence-electron chi connectivity index (χ1n) is 9.42. The Morgan fingerprint density at radius 1 is 0.966 bits per heavy atom. The van der Waals surface area contributed by atoms with Gasteiger partial charge in [0.05, 0.1) is 30.6 Å². The summed E-state index contributed by atoms with van der Waals surface area (Å²) in [6.45, 7) is 3.16. The second kappa shape index (κ2) is 9.39. The van der Waals surface area contributed by atoms with Crippen LogP contribution in [-0.4, -0.2) is 19.1 Å². The van der Waals surface area contributed by atoms with Crippen LogP contribution in [0, 0.1) is 29.6 Å². The van der Waals surface area contributed by atoms with E-state index in [0.717, 1.165) is 22.4 Å². The maximum Gasteiger partial charge on any atom is 0.343 e. The molecule has 5 nitrogen and oxygen atoms in total. The number of ether oxygens (including phenoxy) is 1. The minimum atomic E-state index is -0.366. The summed E-state index contributed by atoms with van der Waals surface area (Å²) in [6.07, 6.45) is 4.35. The average molecular weight is 383 g/mol. The van der Waals surface area contributed by atoms with Crippen LogP contribution in [0.2, 0.25) is 0 Å². The van der Waals surface area contributed by atoms with Crippen LogP contribution < -0.4 is 4.90 Å². The largest absolute Gasteiger partial charge is 0.422 e. The van der Waals surface area contributed by atoms with E-state index in [0.29, 0.717) is 37.3 Å². The highest BCUT2D eigenvalue weighted by Gasteiger charge is 2.21. The fraction of sp³-hybridized carbons (Fsp3) is 0.208. The van der Waals surface area contributed by atoms with Crippen LogP contribution in [0.15, 0.2) is 60.2 Å². The topological polar surface area (TPSA) is 77.1 Å². The van der Waals surface area contributed by atoms with Gasteiger partial charge in [0.25, 0.3) is 0 Å². The third-order valence-electron chi connectivity index (χ3n) is 4.63. The molecule has 0 aromatic heterocycles. The lowest BCUT2D eigenvalue weighted by Gasteiger charge is -2.22. The maximum atomic E-state index is 12.2. The number of esters is 1. The summed E-state index contributed by atoms with van der Waals surface area (Å²) in [5.74, 6) is 0.186. The Hall–Kier alpha value is -3.83. The van der Waals surface area contributed by atoms with E-state index in [4.69, 9.17) is 15.3 Å². The summed E-state index contributed by atoms with van der Waals surface area (Å²) in [6, 6.07) is 19.8. The van der Waals surface area contributed by atoms with Gasteiger partial charge in [0.2, 0.25) is 0 Å². The first kappa shape index (κ1) is 19.9. The normalized spacial score (nSPS) is 14.1. The SMILES string of the molecule is Cc1ccc(C2=C/C(=C/c3ccc(N(CCC#N)CCC#N)cc3)C(=O)O2)cc1.